The first-order valence-electron chi connectivity index (χ1n) is 6.93. The monoisotopic (exact) mass is 290 g/mol. The zero-order valence-electron chi connectivity index (χ0n) is 11.7. The van der Waals surface area contributed by atoms with E-state index in [1.807, 2.05) is 0 Å². The standard InChI is InChI=1S/C14H19FN6/c15-11-5-4-6-12(9-11)20-14-19-10-18-13(21-14)17-8-3-1-2-7-16/h4-6,9-10H,1-3,7-8,16H2,(H2,17,18,19,20,21). The number of nitrogens with zero attached hydrogens (tertiary/aromatic N) is 3. The predicted octanol–water partition coefficient (Wildman–Crippen LogP) is 2.30. The molecule has 0 spiro atoms. The molecule has 112 valence electrons. The number of nitrogens with two attached hydrogens (primary N) is 1. The van der Waals surface area contributed by atoms with Crippen molar-refractivity contribution in [2.45, 2.75) is 19.3 Å². The molecule has 4 N–H and O–H groups in total. The maximum absolute atomic E-state index is 13.1. The molecule has 21 heavy (non-hydrogen) atoms. The number of rotatable bonds is 8. The molecular weight excluding hydrogens is 271 g/mol. The maximum Gasteiger partial charge on any atom is 0.231 e. The van der Waals surface area contributed by atoms with Gasteiger partial charge >= 0.3 is 0 Å². The van der Waals surface area contributed by atoms with Crippen LogP contribution in [-0.2, 0) is 0 Å². The summed E-state index contributed by atoms with van der Waals surface area (Å²) in [5.74, 6) is 0.559. The molecule has 0 amide bonds. The summed E-state index contributed by atoms with van der Waals surface area (Å²) in [6, 6.07) is 6.12. The van der Waals surface area contributed by atoms with E-state index in [0.29, 0.717) is 24.1 Å². The summed E-state index contributed by atoms with van der Waals surface area (Å²) in [6.07, 6.45) is 4.51. The highest BCUT2D eigenvalue weighted by atomic mass is 19.1. The van der Waals surface area contributed by atoms with Gasteiger partial charge in [0.15, 0.2) is 0 Å². The number of anilines is 3. The molecule has 0 aliphatic heterocycles. The van der Waals surface area contributed by atoms with Crippen LogP contribution in [0.25, 0.3) is 0 Å². The minimum Gasteiger partial charge on any atom is -0.354 e. The number of benzene rings is 1. The van der Waals surface area contributed by atoms with Crippen LogP contribution >= 0.6 is 0 Å². The van der Waals surface area contributed by atoms with E-state index >= 15 is 0 Å². The highest BCUT2D eigenvalue weighted by Gasteiger charge is 2.02. The second-order valence-electron chi connectivity index (χ2n) is 4.54. The Bertz CT molecular complexity index is 563. The Labute approximate surface area is 123 Å². The van der Waals surface area contributed by atoms with Gasteiger partial charge in [0, 0.05) is 12.2 Å². The number of aromatic nitrogens is 3. The van der Waals surface area contributed by atoms with Crippen LogP contribution in [-0.4, -0.2) is 28.0 Å². The molecule has 0 atom stereocenters. The number of nitrogens with one attached hydrogen (secondary N) is 2. The van der Waals surface area contributed by atoms with Crippen molar-refractivity contribution in [1.29, 1.82) is 0 Å². The van der Waals surface area contributed by atoms with Crippen molar-refractivity contribution in [1.82, 2.24) is 15.0 Å². The van der Waals surface area contributed by atoms with Gasteiger partial charge in [0.1, 0.15) is 12.1 Å². The first kappa shape index (κ1) is 15.1. The molecule has 0 radical (unpaired) electrons. The fraction of sp³-hybridized carbons (Fsp3) is 0.357. The van der Waals surface area contributed by atoms with Crippen LogP contribution in [0.4, 0.5) is 22.0 Å². The number of hydrogen-bond acceptors (Lipinski definition) is 6. The lowest BCUT2D eigenvalue weighted by Crippen LogP contribution is -2.08. The molecule has 6 nitrogen and oxygen atoms in total. The average Bonchev–Trinajstić information content (AvgIpc) is 2.47. The molecule has 1 heterocycles. The average molecular weight is 290 g/mol. The van der Waals surface area contributed by atoms with Gasteiger partial charge in [-0.1, -0.05) is 12.5 Å². The first-order chi connectivity index (χ1) is 10.3. The summed E-state index contributed by atoms with van der Waals surface area (Å²) >= 11 is 0. The van der Waals surface area contributed by atoms with Gasteiger partial charge in [-0.2, -0.15) is 4.98 Å². The third-order valence-corrected chi connectivity index (χ3v) is 2.82. The fourth-order valence-electron chi connectivity index (χ4n) is 1.78. The Morgan fingerprint density at radius 3 is 2.76 bits per heavy atom. The van der Waals surface area contributed by atoms with Crippen LogP contribution in [0.1, 0.15) is 19.3 Å². The lowest BCUT2D eigenvalue weighted by molar-refractivity contribution is 0.628. The van der Waals surface area contributed by atoms with Crippen molar-refractivity contribution in [2.75, 3.05) is 23.7 Å². The summed E-state index contributed by atoms with van der Waals surface area (Å²) in [6.45, 7) is 1.50. The van der Waals surface area contributed by atoms with E-state index in [4.69, 9.17) is 5.73 Å². The van der Waals surface area contributed by atoms with E-state index in [-0.39, 0.29) is 5.82 Å². The van der Waals surface area contributed by atoms with E-state index < -0.39 is 0 Å². The molecule has 0 saturated carbocycles. The fourth-order valence-corrected chi connectivity index (χ4v) is 1.78. The van der Waals surface area contributed by atoms with Crippen molar-refractivity contribution < 1.29 is 4.39 Å². The van der Waals surface area contributed by atoms with Crippen molar-refractivity contribution in [2.24, 2.45) is 5.73 Å². The Hall–Kier alpha value is -2.28. The van der Waals surface area contributed by atoms with Crippen LogP contribution in [0, 0.1) is 5.82 Å². The molecule has 0 aliphatic rings. The van der Waals surface area contributed by atoms with Crippen molar-refractivity contribution in [3.05, 3.63) is 36.4 Å². The van der Waals surface area contributed by atoms with E-state index in [1.165, 1.54) is 18.5 Å². The number of halogens is 1. The van der Waals surface area contributed by atoms with Gasteiger partial charge in [-0.15, -0.1) is 0 Å². The van der Waals surface area contributed by atoms with Crippen LogP contribution in [0.15, 0.2) is 30.6 Å². The second kappa shape index (κ2) is 8.11. The quantitative estimate of drug-likeness (QED) is 0.646. The molecule has 0 saturated heterocycles. The van der Waals surface area contributed by atoms with E-state index in [0.717, 1.165) is 25.8 Å². The lowest BCUT2D eigenvalue weighted by Gasteiger charge is -2.07. The van der Waals surface area contributed by atoms with Gasteiger partial charge < -0.3 is 16.4 Å². The van der Waals surface area contributed by atoms with Crippen molar-refractivity contribution in [3.63, 3.8) is 0 Å². The van der Waals surface area contributed by atoms with Gasteiger partial charge in [0.25, 0.3) is 0 Å². The van der Waals surface area contributed by atoms with Gasteiger partial charge in [-0.05, 0) is 37.6 Å². The van der Waals surface area contributed by atoms with E-state index in [1.54, 1.807) is 12.1 Å². The van der Waals surface area contributed by atoms with Crippen LogP contribution in [0.3, 0.4) is 0 Å². The van der Waals surface area contributed by atoms with Crippen LogP contribution in [0.2, 0.25) is 0 Å². The maximum atomic E-state index is 13.1. The molecule has 7 heteroatoms. The van der Waals surface area contributed by atoms with Gasteiger partial charge in [0.2, 0.25) is 11.9 Å². The van der Waals surface area contributed by atoms with Gasteiger partial charge in [0.05, 0.1) is 0 Å². The topological polar surface area (TPSA) is 88.8 Å². The third-order valence-electron chi connectivity index (χ3n) is 2.82. The number of unbranched alkanes of at least 4 members (excludes halogenated alkanes) is 2. The van der Waals surface area contributed by atoms with Gasteiger partial charge in [-0.25, -0.2) is 14.4 Å². The molecule has 2 aromatic rings. The lowest BCUT2D eigenvalue weighted by atomic mass is 10.2. The minimum atomic E-state index is -0.313. The SMILES string of the molecule is NCCCCCNc1ncnc(Nc2cccc(F)c2)n1. The van der Waals surface area contributed by atoms with Crippen LogP contribution < -0.4 is 16.4 Å². The zero-order chi connectivity index (χ0) is 14.9. The summed E-state index contributed by atoms with van der Waals surface area (Å²) in [7, 11) is 0. The van der Waals surface area contributed by atoms with E-state index in [9.17, 15) is 4.39 Å². The van der Waals surface area contributed by atoms with Crippen molar-refractivity contribution in [3.8, 4) is 0 Å². The predicted molar refractivity (Wildman–Crippen MR) is 80.9 cm³/mol. The Kier molecular flexibility index (Phi) is 5.83. The first-order valence-corrected chi connectivity index (χ1v) is 6.93. The van der Waals surface area contributed by atoms with E-state index in [2.05, 4.69) is 25.6 Å². The molecular formula is C14H19FN6. The van der Waals surface area contributed by atoms with Crippen LogP contribution in [0.5, 0.6) is 0 Å². The second-order valence-corrected chi connectivity index (χ2v) is 4.54. The summed E-state index contributed by atoms with van der Waals surface area (Å²) < 4.78 is 13.1. The smallest absolute Gasteiger partial charge is 0.231 e. The highest BCUT2D eigenvalue weighted by molar-refractivity contribution is 5.53. The molecule has 1 aromatic heterocycles. The largest absolute Gasteiger partial charge is 0.354 e. The third kappa shape index (κ3) is 5.31. The van der Waals surface area contributed by atoms with Crippen molar-refractivity contribution >= 4 is 17.6 Å². The summed E-state index contributed by atoms with van der Waals surface area (Å²) in [4.78, 5) is 12.3. The molecule has 1 aromatic carbocycles. The highest BCUT2D eigenvalue weighted by Crippen LogP contribution is 2.14. The minimum absolute atomic E-state index is 0.313. The summed E-state index contributed by atoms with van der Waals surface area (Å²) in [5, 5.41) is 6.06. The number of hydrogen-bond donors (Lipinski definition) is 3. The summed E-state index contributed by atoms with van der Waals surface area (Å²) in [5.41, 5.74) is 6.03. The molecule has 0 bridgehead atoms. The Morgan fingerprint density at radius 1 is 1.10 bits per heavy atom. The molecule has 0 fully saturated rings. The Morgan fingerprint density at radius 2 is 1.95 bits per heavy atom. The molecule has 0 aliphatic carbocycles. The Balaban J connectivity index is 1.88. The molecule has 2 rings (SSSR count). The van der Waals surface area contributed by atoms with Gasteiger partial charge in [-0.3, -0.25) is 0 Å². The molecule has 0 unspecified atom stereocenters. The normalized spacial score (nSPS) is 10.4. The zero-order valence-corrected chi connectivity index (χ0v) is 11.7.